The first kappa shape index (κ1) is 12.9. The van der Waals surface area contributed by atoms with Crippen molar-refractivity contribution in [2.45, 2.75) is 38.0 Å². The molecular formula is C14H17FO3. The molecule has 0 saturated heterocycles. The third-order valence-electron chi connectivity index (χ3n) is 3.85. The lowest BCUT2D eigenvalue weighted by Crippen LogP contribution is -2.32. The maximum Gasteiger partial charge on any atom is 0.314 e. The molecule has 1 aliphatic rings. The first-order valence-corrected chi connectivity index (χ1v) is 6.09. The highest BCUT2D eigenvalue weighted by Gasteiger charge is 2.43. The summed E-state index contributed by atoms with van der Waals surface area (Å²) in [6.45, 7) is 1.73. The number of aryl methyl sites for hydroxylation is 1. The predicted octanol–water partition coefficient (Wildman–Crippen LogP) is 3.04. The Hall–Kier alpha value is -1.58. The van der Waals surface area contributed by atoms with Crippen LogP contribution in [-0.4, -0.2) is 18.2 Å². The number of halogens is 1. The Morgan fingerprint density at radius 3 is 2.44 bits per heavy atom. The van der Waals surface area contributed by atoms with Gasteiger partial charge in [-0.1, -0.05) is 18.9 Å². The Balaban J connectivity index is 2.53. The molecule has 0 aliphatic heterocycles. The molecule has 0 atom stereocenters. The second-order valence-electron chi connectivity index (χ2n) is 4.90. The van der Waals surface area contributed by atoms with Crippen molar-refractivity contribution >= 4 is 5.97 Å². The molecule has 2 rings (SSSR count). The molecular weight excluding hydrogens is 235 g/mol. The van der Waals surface area contributed by atoms with Crippen LogP contribution in [0.2, 0.25) is 0 Å². The van der Waals surface area contributed by atoms with E-state index in [0.717, 1.165) is 12.8 Å². The fourth-order valence-corrected chi connectivity index (χ4v) is 2.87. The molecule has 18 heavy (non-hydrogen) atoms. The standard InChI is InChI=1S/C14H17FO3/c1-9-7-10(8-11(15)12(9)18-2)14(13(16)17)5-3-4-6-14/h7-8H,3-6H2,1-2H3,(H,16,17). The number of benzene rings is 1. The highest BCUT2D eigenvalue weighted by Crippen LogP contribution is 2.43. The van der Waals surface area contributed by atoms with E-state index < -0.39 is 17.2 Å². The van der Waals surface area contributed by atoms with E-state index >= 15 is 0 Å². The third kappa shape index (κ3) is 1.85. The van der Waals surface area contributed by atoms with Gasteiger partial charge >= 0.3 is 5.97 Å². The molecule has 1 N–H and O–H groups in total. The monoisotopic (exact) mass is 252 g/mol. The van der Waals surface area contributed by atoms with Gasteiger partial charge in [-0.15, -0.1) is 0 Å². The van der Waals surface area contributed by atoms with Gasteiger partial charge in [0, 0.05) is 0 Å². The first-order valence-electron chi connectivity index (χ1n) is 6.09. The first-order chi connectivity index (χ1) is 8.51. The van der Waals surface area contributed by atoms with Crippen molar-refractivity contribution in [3.8, 4) is 5.75 Å². The largest absolute Gasteiger partial charge is 0.493 e. The topological polar surface area (TPSA) is 46.5 Å². The van der Waals surface area contributed by atoms with Gasteiger partial charge in [-0.2, -0.15) is 0 Å². The average Bonchev–Trinajstić information content (AvgIpc) is 2.78. The molecule has 0 unspecified atom stereocenters. The van der Waals surface area contributed by atoms with E-state index in [2.05, 4.69) is 0 Å². The number of aliphatic carboxylic acids is 1. The minimum absolute atomic E-state index is 0.192. The van der Waals surface area contributed by atoms with Crippen LogP contribution >= 0.6 is 0 Å². The predicted molar refractivity (Wildman–Crippen MR) is 65.5 cm³/mol. The van der Waals surface area contributed by atoms with Crippen LogP contribution in [0.5, 0.6) is 5.75 Å². The summed E-state index contributed by atoms with van der Waals surface area (Å²) in [7, 11) is 1.41. The number of carboxylic acid groups (broad SMARTS) is 1. The molecule has 0 heterocycles. The smallest absolute Gasteiger partial charge is 0.314 e. The molecule has 3 nitrogen and oxygen atoms in total. The Kier molecular flexibility index (Phi) is 3.28. The third-order valence-corrected chi connectivity index (χ3v) is 3.85. The summed E-state index contributed by atoms with van der Waals surface area (Å²) in [5.41, 5.74) is 0.279. The lowest BCUT2D eigenvalue weighted by Gasteiger charge is -2.25. The minimum atomic E-state index is -0.919. The van der Waals surface area contributed by atoms with Gasteiger partial charge in [-0.05, 0) is 37.0 Å². The van der Waals surface area contributed by atoms with Crippen molar-refractivity contribution in [2.75, 3.05) is 7.11 Å². The molecule has 1 aromatic rings. The van der Waals surface area contributed by atoms with Crippen LogP contribution in [0.25, 0.3) is 0 Å². The van der Waals surface area contributed by atoms with E-state index in [1.165, 1.54) is 13.2 Å². The lowest BCUT2D eigenvalue weighted by molar-refractivity contribution is -0.143. The molecule has 1 saturated carbocycles. The minimum Gasteiger partial charge on any atom is -0.493 e. The molecule has 98 valence electrons. The molecule has 0 amide bonds. The van der Waals surface area contributed by atoms with Crippen LogP contribution in [0.4, 0.5) is 4.39 Å². The van der Waals surface area contributed by atoms with E-state index in [9.17, 15) is 14.3 Å². The van der Waals surface area contributed by atoms with Crippen molar-refractivity contribution in [1.82, 2.24) is 0 Å². The number of hydrogen-bond donors (Lipinski definition) is 1. The summed E-state index contributed by atoms with van der Waals surface area (Å²) < 4.78 is 18.8. The molecule has 4 heteroatoms. The second kappa shape index (κ2) is 4.59. The summed E-state index contributed by atoms with van der Waals surface area (Å²) in [4.78, 5) is 11.5. The summed E-state index contributed by atoms with van der Waals surface area (Å²) in [5, 5.41) is 9.47. The summed E-state index contributed by atoms with van der Waals surface area (Å²) >= 11 is 0. The van der Waals surface area contributed by atoms with Gasteiger partial charge in [0.2, 0.25) is 0 Å². The number of hydrogen-bond acceptors (Lipinski definition) is 2. The van der Waals surface area contributed by atoms with Crippen LogP contribution in [0, 0.1) is 12.7 Å². The van der Waals surface area contributed by atoms with Crippen molar-refractivity contribution < 1.29 is 19.0 Å². The Bertz CT molecular complexity index is 453. The average molecular weight is 252 g/mol. The second-order valence-corrected chi connectivity index (χ2v) is 4.90. The zero-order chi connectivity index (χ0) is 13.3. The zero-order valence-electron chi connectivity index (χ0n) is 10.6. The summed E-state index contributed by atoms with van der Waals surface area (Å²) in [5.74, 6) is -1.15. The van der Waals surface area contributed by atoms with Crippen LogP contribution in [0.1, 0.15) is 36.8 Å². The van der Waals surface area contributed by atoms with Gasteiger partial charge in [0.15, 0.2) is 11.6 Å². The van der Waals surface area contributed by atoms with Crippen molar-refractivity contribution in [1.29, 1.82) is 0 Å². The molecule has 0 spiro atoms. The van der Waals surface area contributed by atoms with Crippen molar-refractivity contribution in [3.63, 3.8) is 0 Å². The zero-order valence-corrected chi connectivity index (χ0v) is 10.6. The van der Waals surface area contributed by atoms with E-state index in [0.29, 0.717) is 24.0 Å². The van der Waals surface area contributed by atoms with Crippen molar-refractivity contribution in [3.05, 3.63) is 29.1 Å². The van der Waals surface area contributed by atoms with Gasteiger partial charge in [-0.3, -0.25) is 4.79 Å². The van der Waals surface area contributed by atoms with Gasteiger partial charge in [0.25, 0.3) is 0 Å². The maximum absolute atomic E-state index is 13.9. The Morgan fingerprint density at radius 1 is 1.39 bits per heavy atom. The summed E-state index contributed by atoms with van der Waals surface area (Å²) in [6.07, 6.45) is 2.90. The van der Waals surface area contributed by atoms with E-state index in [1.807, 2.05) is 0 Å². The Labute approximate surface area is 106 Å². The molecule has 0 aromatic heterocycles. The molecule has 1 aliphatic carbocycles. The van der Waals surface area contributed by atoms with Gasteiger partial charge < -0.3 is 9.84 Å². The van der Waals surface area contributed by atoms with Crippen LogP contribution in [0.3, 0.4) is 0 Å². The number of ether oxygens (including phenoxy) is 1. The van der Waals surface area contributed by atoms with Crippen LogP contribution in [0.15, 0.2) is 12.1 Å². The van der Waals surface area contributed by atoms with E-state index in [4.69, 9.17) is 4.74 Å². The van der Waals surface area contributed by atoms with Gasteiger partial charge in [0.1, 0.15) is 0 Å². The summed E-state index contributed by atoms with van der Waals surface area (Å²) in [6, 6.07) is 3.05. The van der Waals surface area contributed by atoms with E-state index in [-0.39, 0.29) is 5.75 Å². The number of rotatable bonds is 3. The number of carbonyl (C=O) groups is 1. The quantitative estimate of drug-likeness (QED) is 0.899. The van der Waals surface area contributed by atoms with E-state index in [1.54, 1.807) is 13.0 Å². The molecule has 0 bridgehead atoms. The fourth-order valence-electron chi connectivity index (χ4n) is 2.87. The van der Waals surface area contributed by atoms with Gasteiger partial charge in [-0.25, -0.2) is 4.39 Å². The maximum atomic E-state index is 13.9. The van der Waals surface area contributed by atoms with Gasteiger partial charge in [0.05, 0.1) is 12.5 Å². The Morgan fingerprint density at radius 2 is 2.00 bits per heavy atom. The van der Waals surface area contributed by atoms with Crippen LogP contribution < -0.4 is 4.74 Å². The molecule has 0 radical (unpaired) electrons. The molecule has 1 fully saturated rings. The van der Waals surface area contributed by atoms with Crippen molar-refractivity contribution in [2.24, 2.45) is 0 Å². The number of methoxy groups -OCH3 is 1. The fraction of sp³-hybridized carbons (Fsp3) is 0.500. The normalized spacial score (nSPS) is 17.7. The SMILES string of the molecule is COc1c(C)cc(C2(C(=O)O)CCCC2)cc1F. The highest BCUT2D eigenvalue weighted by molar-refractivity contribution is 5.82. The highest BCUT2D eigenvalue weighted by atomic mass is 19.1. The van der Waals surface area contributed by atoms with Crippen LogP contribution in [-0.2, 0) is 10.2 Å². The molecule has 1 aromatic carbocycles. The number of carboxylic acids is 1. The lowest BCUT2D eigenvalue weighted by atomic mass is 9.78.